The minimum atomic E-state index is -4.46. The van der Waals surface area contributed by atoms with E-state index in [1.807, 2.05) is 6.07 Å². The van der Waals surface area contributed by atoms with Crippen molar-refractivity contribution >= 4 is 37.7 Å². The van der Waals surface area contributed by atoms with Crippen LogP contribution in [0.4, 0.5) is 19.0 Å². The first-order chi connectivity index (χ1) is 9.24. The van der Waals surface area contributed by atoms with E-state index in [1.54, 1.807) is 0 Å². The Morgan fingerprint density at radius 1 is 1.20 bits per heavy atom. The fourth-order valence-electron chi connectivity index (χ4n) is 1.56. The summed E-state index contributed by atoms with van der Waals surface area (Å²) in [5.74, 6) is 0.141. The second-order valence-corrected chi connectivity index (χ2v) is 5.47. The zero-order valence-corrected chi connectivity index (χ0v) is 12.7. The van der Waals surface area contributed by atoms with E-state index in [0.717, 1.165) is 12.1 Å². The standard InChI is InChI=1S/C11H5Br2F3N4/c12-7-1-5(11(14,15)16)2-8(13)10(7)20-9(18)3-6(4-17)19-20/h1-3H,18H2. The second kappa shape index (κ2) is 5.10. The topological polar surface area (TPSA) is 67.6 Å². The largest absolute Gasteiger partial charge is 0.416 e. The zero-order chi connectivity index (χ0) is 15.1. The molecule has 2 rings (SSSR count). The van der Waals surface area contributed by atoms with Crippen molar-refractivity contribution in [2.24, 2.45) is 0 Å². The Labute approximate surface area is 128 Å². The van der Waals surface area contributed by atoms with Gasteiger partial charge in [0.05, 0.1) is 11.3 Å². The molecule has 1 heterocycles. The van der Waals surface area contributed by atoms with Gasteiger partial charge in [-0.3, -0.25) is 0 Å². The fraction of sp³-hybridized carbons (Fsp3) is 0.0909. The van der Waals surface area contributed by atoms with Gasteiger partial charge >= 0.3 is 6.18 Å². The van der Waals surface area contributed by atoms with Crippen LogP contribution in [0.3, 0.4) is 0 Å². The predicted molar refractivity (Wildman–Crippen MR) is 73.1 cm³/mol. The van der Waals surface area contributed by atoms with Crippen LogP contribution in [0.5, 0.6) is 0 Å². The first kappa shape index (κ1) is 14.9. The van der Waals surface area contributed by atoms with Crippen molar-refractivity contribution in [3.05, 3.63) is 38.4 Å². The molecule has 0 atom stereocenters. The van der Waals surface area contributed by atoms with E-state index in [4.69, 9.17) is 11.0 Å². The number of benzene rings is 1. The lowest BCUT2D eigenvalue weighted by Crippen LogP contribution is -2.08. The molecule has 9 heteroatoms. The van der Waals surface area contributed by atoms with Gasteiger partial charge in [-0.1, -0.05) is 0 Å². The van der Waals surface area contributed by atoms with Gasteiger partial charge in [-0.2, -0.15) is 23.5 Å². The molecule has 0 saturated carbocycles. The van der Waals surface area contributed by atoms with Crippen LogP contribution in [-0.2, 0) is 6.18 Å². The maximum atomic E-state index is 12.7. The van der Waals surface area contributed by atoms with Gasteiger partial charge in [0, 0.05) is 15.0 Å². The van der Waals surface area contributed by atoms with Gasteiger partial charge in [-0.15, -0.1) is 0 Å². The number of rotatable bonds is 1. The van der Waals surface area contributed by atoms with E-state index >= 15 is 0 Å². The van der Waals surface area contributed by atoms with Crippen molar-refractivity contribution in [2.45, 2.75) is 6.18 Å². The maximum absolute atomic E-state index is 12.7. The minimum Gasteiger partial charge on any atom is -0.384 e. The van der Waals surface area contributed by atoms with Gasteiger partial charge in [0.1, 0.15) is 11.9 Å². The highest BCUT2D eigenvalue weighted by Gasteiger charge is 2.32. The Balaban J connectivity index is 2.64. The van der Waals surface area contributed by atoms with Crippen molar-refractivity contribution in [3.8, 4) is 11.8 Å². The molecule has 0 spiro atoms. The minimum absolute atomic E-state index is 0.0706. The molecule has 1 aromatic carbocycles. The summed E-state index contributed by atoms with van der Waals surface area (Å²) in [6.07, 6.45) is -4.46. The third-order valence-electron chi connectivity index (χ3n) is 2.41. The van der Waals surface area contributed by atoms with E-state index < -0.39 is 11.7 Å². The number of nitriles is 1. The molecule has 2 N–H and O–H groups in total. The number of nitrogens with two attached hydrogens (primary N) is 1. The molecule has 104 valence electrons. The van der Waals surface area contributed by atoms with Crippen molar-refractivity contribution in [1.29, 1.82) is 5.26 Å². The summed E-state index contributed by atoms with van der Waals surface area (Å²) in [6.45, 7) is 0. The molecule has 1 aromatic heterocycles. The zero-order valence-electron chi connectivity index (χ0n) is 9.54. The lowest BCUT2D eigenvalue weighted by Gasteiger charge is -2.13. The smallest absolute Gasteiger partial charge is 0.384 e. The Morgan fingerprint density at radius 3 is 2.15 bits per heavy atom. The van der Waals surface area contributed by atoms with Crippen LogP contribution >= 0.6 is 31.9 Å². The molecule has 2 aromatic rings. The van der Waals surface area contributed by atoms with Crippen molar-refractivity contribution in [3.63, 3.8) is 0 Å². The molecule has 0 aliphatic heterocycles. The van der Waals surface area contributed by atoms with Gasteiger partial charge in [0.2, 0.25) is 0 Å². The molecule has 20 heavy (non-hydrogen) atoms. The number of hydrogen-bond acceptors (Lipinski definition) is 3. The normalized spacial score (nSPS) is 11.4. The van der Waals surface area contributed by atoms with Crippen molar-refractivity contribution in [1.82, 2.24) is 9.78 Å². The average molecular weight is 410 g/mol. The second-order valence-electron chi connectivity index (χ2n) is 3.76. The van der Waals surface area contributed by atoms with Crippen LogP contribution in [0.2, 0.25) is 0 Å². The highest BCUT2D eigenvalue weighted by atomic mass is 79.9. The maximum Gasteiger partial charge on any atom is 0.416 e. The van der Waals surface area contributed by atoms with Crippen molar-refractivity contribution in [2.75, 3.05) is 5.73 Å². The molecule has 0 aliphatic rings. The first-order valence-corrected chi connectivity index (χ1v) is 6.65. The molecular weight excluding hydrogens is 405 g/mol. The van der Waals surface area contributed by atoms with Crippen molar-refractivity contribution < 1.29 is 13.2 Å². The van der Waals surface area contributed by atoms with Gasteiger partial charge in [-0.05, 0) is 44.0 Å². The van der Waals surface area contributed by atoms with Gasteiger partial charge < -0.3 is 5.73 Å². The van der Waals surface area contributed by atoms with Gasteiger partial charge in [0.15, 0.2) is 5.69 Å². The van der Waals surface area contributed by atoms with E-state index in [2.05, 4.69) is 37.0 Å². The van der Waals surface area contributed by atoms with Crippen LogP contribution in [0, 0.1) is 11.3 Å². The summed E-state index contributed by atoms with van der Waals surface area (Å²) in [6, 6.07) is 4.99. The quantitative estimate of drug-likeness (QED) is 0.777. The number of halogens is 5. The summed E-state index contributed by atoms with van der Waals surface area (Å²) < 4.78 is 39.6. The third kappa shape index (κ3) is 2.66. The predicted octanol–water partition coefficient (Wildman–Crippen LogP) is 3.87. The van der Waals surface area contributed by atoms with Crippen LogP contribution in [0.25, 0.3) is 5.69 Å². The number of alkyl halides is 3. The molecule has 0 bridgehead atoms. The first-order valence-electron chi connectivity index (χ1n) is 5.06. The molecule has 0 unspecified atom stereocenters. The number of aromatic nitrogens is 2. The van der Waals surface area contributed by atoms with Gasteiger partial charge in [0.25, 0.3) is 0 Å². The van der Waals surface area contributed by atoms with E-state index in [1.165, 1.54) is 10.7 Å². The molecule has 0 radical (unpaired) electrons. The Morgan fingerprint density at radius 2 is 1.75 bits per heavy atom. The number of anilines is 1. The third-order valence-corrected chi connectivity index (χ3v) is 3.62. The number of nitrogen functional groups attached to an aromatic ring is 1. The van der Waals surface area contributed by atoms with E-state index in [0.29, 0.717) is 0 Å². The number of nitrogens with zero attached hydrogens (tertiary/aromatic N) is 3. The van der Waals surface area contributed by atoms with Crippen LogP contribution in [0.1, 0.15) is 11.3 Å². The summed E-state index contributed by atoms with van der Waals surface area (Å²) in [4.78, 5) is 0. The van der Waals surface area contributed by atoms with Crippen LogP contribution < -0.4 is 5.73 Å². The highest BCUT2D eigenvalue weighted by molar-refractivity contribution is 9.11. The molecular formula is C11H5Br2F3N4. The molecule has 0 amide bonds. The summed E-state index contributed by atoms with van der Waals surface area (Å²) in [7, 11) is 0. The highest BCUT2D eigenvalue weighted by Crippen LogP contribution is 2.38. The summed E-state index contributed by atoms with van der Waals surface area (Å²) in [5, 5.41) is 12.7. The number of hydrogen-bond donors (Lipinski definition) is 1. The molecule has 4 nitrogen and oxygen atoms in total. The molecule has 0 saturated heterocycles. The van der Waals surface area contributed by atoms with E-state index in [9.17, 15) is 13.2 Å². The molecule has 0 fully saturated rings. The Hall–Kier alpha value is -1.53. The molecule has 0 aliphatic carbocycles. The lowest BCUT2D eigenvalue weighted by atomic mass is 10.2. The summed E-state index contributed by atoms with van der Waals surface area (Å²) >= 11 is 6.13. The SMILES string of the molecule is N#Cc1cc(N)n(-c2c(Br)cc(C(F)(F)F)cc2Br)n1. The van der Waals surface area contributed by atoms with Gasteiger partial charge in [-0.25, -0.2) is 4.68 Å². The van der Waals surface area contributed by atoms with E-state index in [-0.39, 0.29) is 26.1 Å². The lowest BCUT2D eigenvalue weighted by molar-refractivity contribution is -0.137. The average Bonchev–Trinajstić information content (AvgIpc) is 2.69. The summed E-state index contributed by atoms with van der Waals surface area (Å²) in [5.41, 5.74) is 5.24. The Kier molecular flexibility index (Phi) is 3.80. The van der Waals surface area contributed by atoms with Crippen LogP contribution in [0.15, 0.2) is 27.1 Å². The monoisotopic (exact) mass is 408 g/mol. The van der Waals surface area contributed by atoms with Crippen LogP contribution in [-0.4, -0.2) is 9.78 Å². The fourth-order valence-corrected chi connectivity index (χ4v) is 3.08. The Bertz CT molecular complexity index is 692.